The average Bonchev–Trinajstić information content (AvgIpc) is 2.19. The number of carbonyl (C=O) groups excluding carboxylic acids is 1. The predicted octanol–water partition coefficient (Wildman–Crippen LogP) is 1.31. The highest BCUT2D eigenvalue weighted by molar-refractivity contribution is 5.44. The van der Waals surface area contributed by atoms with E-state index in [1.807, 2.05) is 0 Å². The van der Waals surface area contributed by atoms with Gasteiger partial charge in [-0.3, -0.25) is 0 Å². The monoisotopic (exact) mass is 143 g/mol. The zero-order valence-electron chi connectivity index (χ0n) is 7.13. The fourth-order valence-electron chi connectivity index (χ4n) is 1.08. The SMILES string of the molecule is CC=O.C[C@@H]1CCCN1C. The van der Waals surface area contributed by atoms with E-state index in [9.17, 15) is 0 Å². The van der Waals surface area contributed by atoms with Gasteiger partial charge in [-0.1, -0.05) is 0 Å². The Bertz CT molecular complexity index is 85.3. The first kappa shape index (κ1) is 9.63. The first-order valence-electron chi connectivity index (χ1n) is 3.82. The highest BCUT2D eigenvalue weighted by Crippen LogP contribution is 2.12. The molecule has 1 aliphatic rings. The van der Waals surface area contributed by atoms with Crippen LogP contribution in [0, 0.1) is 0 Å². The van der Waals surface area contributed by atoms with Crippen LogP contribution in [0.15, 0.2) is 0 Å². The number of hydrogen-bond donors (Lipinski definition) is 0. The summed E-state index contributed by atoms with van der Waals surface area (Å²) >= 11 is 0. The molecule has 60 valence electrons. The second kappa shape index (κ2) is 5.42. The van der Waals surface area contributed by atoms with Crippen molar-refractivity contribution < 1.29 is 4.79 Å². The lowest BCUT2D eigenvalue weighted by Gasteiger charge is -2.12. The van der Waals surface area contributed by atoms with Gasteiger partial charge in [0.15, 0.2) is 0 Å². The van der Waals surface area contributed by atoms with Crippen LogP contribution in [0.4, 0.5) is 0 Å². The Balaban J connectivity index is 0.000000236. The largest absolute Gasteiger partial charge is 0.304 e. The van der Waals surface area contributed by atoms with Gasteiger partial charge < -0.3 is 9.69 Å². The van der Waals surface area contributed by atoms with Crippen LogP contribution in [0.25, 0.3) is 0 Å². The molecule has 0 aromatic heterocycles. The van der Waals surface area contributed by atoms with Gasteiger partial charge in [0.05, 0.1) is 0 Å². The molecule has 1 aliphatic heterocycles. The first-order valence-corrected chi connectivity index (χ1v) is 3.82. The molecule has 1 heterocycles. The molecule has 1 saturated heterocycles. The standard InChI is InChI=1S/C6H13N.C2H4O/c1-6-4-3-5-7(6)2;1-2-3/h6H,3-5H2,1-2H3;2H,1H3/t6-;/m1./s1. The van der Waals surface area contributed by atoms with Crippen LogP contribution >= 0.6 is 0 Å². The summed E-state index contributed by atoms with van der Waals surface area (Å²) in [6.45, 7) is 5.04. The third-order valence-corrected chi connectivity index (χ3v) is 1.89. The topological polar surface area (TPSA) is 20.3 Å². The van der Waals surface area contributed by atoms with Gasteiger partial charge in [-0.15, -0.1) is 0 Å². The maximum absolute atomic E-state index is 8.81. The minimum atomic E-state index is 0.750. The molecule has 2 nitrogen and oxygen atoms in total. The normalized spacial score (nSPS) is 25.3. The minimum absolute atomic E-state index is 0.750. The van der Waals surface area contributed by atoms with E-state index in [0.29, 0.717) is 0 Å². The van der Waals surface area contributed by atoms with Gasteiger partial charge in [-0.25, -0.2) is 0 Å². The van der Waals surface area contributed by atoms with Crippen molar-refractivity contribution in [3.8, 4) is 0 Å². The van der Waals surface area contributed by atoms with Crippen molar-refractivity contribution in [1.29, 1.82) is 0 Å². The number of likely N-dealkylation sites (tertiary alicyclic amines) is 1. The van der Waals surface area contributed by atoms with Crippen molar-refractivity contribution in [2.75, 3.05) is 13.6 Å². The van der Waals surface area contributed by atoms with Gasteiger partial charge in [0.1, 0.15) is 6.29 Å². The third-order valence-electron chi connectivity index (χ3n) is 1.89. The Morgan fingerprint density at radius 3 is 2.20 bits per heavy atom. The second-order valence-corrected chi connectivity index (χ2v) is 2.71. The van der Waals surface area contributed by atoms with E-state index in [1.54, 1.807) is 0 Å². The average molecular weight is 143 g/mol. The molecule has 0 spiro atoms. The number of aldehydes is 1. The number of rotatable bonds is 0. The minimum Gasteiger partial charge on any atom is -0.304 e. The Morgan fingerprint density at radius 2 is 2.10 bits per heavy atom. The van der Waals surface area contributed by atoms with Crippen LogP contribution in [0.5, 0.6) is 0 Å². The predicted molar refractivity (Wildman–Crippen MR) is 43.1 cm³/mol. The summed E-state index contributed by atoms with van der Waals surface area (Å²) in [5.41, 5.74) is 0. The van der Waals surface area contributed by atoms with Crippen LogP contribution < -0.4 is 0 Å². The van der Waals surface area contributed by atoms with E-state index < -0.39 is 0 Å². The summed E-state index contributed by atoms with van der Waals surface area (Å²) < 4.78 is 0. The summed E-state index contributed by atoms with van der Waals surface area (Å²) in [5, 5.41) is 0. The fourth-order valence-corrected chi connectivity index (χ4v) is 1.08. The van der Waals surface area contributed by atoms with Crippen molar-refractivity contribution in [1.82, 2.24) is 4.90 Å². The lowest BCUT2D eigenvalue weighted by atomic mass is 10.3. The summed E-state index contributed by atoms with van der Waals surface area (Å²) in [6, 6.07) is 0.847. The molecule has 1 atom stereocenters. The third kappa shape index (κ3) is 3.62. The maximum Gasteiger partial charge on any atom is 0.116 e. The van der Waals surface area contributed by atoms with Gasteiger partial charge in [0.25, 0.3) is 0 Å². The molecule has 2 heteroatoms. The molecule has 10 heavy (non-hydrogen) atoms. The Morgan fingerprint density at radius 1 is 1.60 bits per heavy atom. The molecular weight excluding hydrogens is 126 g/mol. The summed E-state index contributed by atoms with van der Waals surface area (Å²) in [7, 11) is 2.19. The van der Waals surface area contributed by atoms with Crippen molar-refractivity contribution in [3.05, 3.63) is 0 Å². The molecule has 0 aliphatic carbocycles. The number of nitrogens with zero attached hydrogens (tertiary/aromatic N) is 1. The van der Waals surface area contributed by atoms with E-state index in [4.69, 9.17) is 4.79 Å². The maximum atomic E-state index is 8.81. The van der Waals surface area contributed by atoms with E-state index in [2.05, 4.69) is 18.9 Å². The molecule has 0 N–H and O–H groups in total. The number of hydrogen-bond acceptors (Lipinski definition) is 2. The van der Waals surface area contributed by atoms with E-state index >= 15 is 0 Å². The lowest BCUT2D eigenvalue weighted by Crippen LogP contribution is -2.20. The first-order chi connectivity index (χ1) is 4.72. The van der Waals surface area contributed by atoms with Crippen molar-refractivity contribution in [3.63, 3.8) is 0 Å². The van der Waals surface area contributed by atoms with E-state index in [-0.39, 0.29) is 0 Å². The molecular formula is C8H17NO. The smallest absolute Gasteiger partial charge is 0.116 e. The van der Waals surface area contributed by atoms with Crippen molar-refractivity contribution in [2.45, 2.75) is 32.7 Å². The molecule has 0 aromatic rings. The Hall–Kier alpha value is -0.370. The van der Waals surface area contributed by atoms with Gasteiger partial charge in [0, 0.05) is 6.04 Å². The molecule has 1 fully saturated rings. The molecule has 0 radical (unpaired) electrons. The fraction of sp³-hybridized carbons (Fsp3) is 0.875. The summed E-state index contributed by atoms with van der Waals surface area (Å²) in [5.74, 6) is 0. The lowest BCUT2D eigenvalue weighted by molar-refractivity contribution is -0.106. The van der Waals surface area contributed by atoms with Crippen molar-refractivity contribution in [2.24, 2.45) is 0 Å². The zero-order valence-corrected chi connectivity index (χ0v) is 7.13. The molecule has 0 bridgehead atoms. The van der Waals surface area contributed by atoms with Crippen LogP contribution in [0.2, 0.25) is 0 Å². The van der Waals surface area contributed by atoms with Gasteiger partial charge in [-0.05, 0) is 40.3 Å². The van der Waals surface area contributed by atoms with Crippen molar-refractivity contribution >= 4 is 6.29 Å². The Labute approximate surface area is 63.2 Å². The van der Waals surface area contributed by atoms with Gasteiger partial charge >= 0.3 is 0 Å². The summed E-state index contributed by atoms with van der Waals surface area (Å²) in [6.07, 6.45) is 3.55. The zero-order chi connectivity index (χ0) is 7.98. The highest BCUT2D eigenvalue weighted by atomic mass is 16.1. The molecule has 0 unspecified atom stereocenters. The Kier molecular flexibility index (Phi) is 5.22. The summed E-state index contributed by atoms with van der Waals surface area (Å²) in [4.78, 5) is 11.2. The molecule has 0 aromatic carbocycles. The number of carbonyl (C=O) groups is 1. The molecule has 1 rings (SSSR count). The van der Waals surface area contributed by atoms with Crippen LogP contribution in [-0.4, -0.2) is 30.8 Å². The van der Waals surface area contributed by atoms with Crippen LogP contribution in [0.1, 0.15) is 26.7 Å². The van der Waals surface area contributed by atoms with E-state index in [1.165, 1.54) is 26.3 Å². The van der Waals surface area contributed by atoms with Crippen LogP contribution in [-0.2, 0) is 4.79 Å². The highest BCUT2D eigenvalue weighted by Gasteiger charge is 2.14. The molecule has 0 saturated carbocycles. The van der Waals surface area contributed by atoms with Crippen LogP contribution in [0.3, 0.4) is 0 Å². The quantitative estimate of drug-likeness (QED) is 0.476. The van der Waals surface area contributed by atoms with Gasteiger partial charge in [-0.2, -0.15) is 0 Å². The molecule has 0 amide bonds. The second-order valence-electron chi connectivity index (χ2n) is 2.71. The van der Waals surface area contributed by atoms with Gasteiger partial charge in [0.2, 0.25) is 0 Å². The van der Waals surface area contributed by atoms with E-state index in [0.717, 1.165) is 12.3 Å².